The van der Waals surface area contributed by atoms with E-state index in [1.807, 2.05) is 13.8 Å². The van der Waals surface area contributed by atoms with E-state index in [0.29, 0.717) is 0 Å². The molecule has 0 unspecified atom stereocenters. The molecule has 0 aromatic heterocycles. The molecule has 0 aromatic rings. The minimum atomic E-state index is -1.07. The standard InChI is InChI=1S/C7H15NO2.ClH/c1-4-5(2)7(3,8)6(9)10;/h5H,4,8H2,1-3H3,(H,9,10);1H/t5-,7-;/m0./s1. The summed E-state index contributed by atoms with van der Waals surface area (Å²) in [4.78, 5) is 10.5. The molecule has 2 atom stereocenters. The molecule has 0 aromatic carbocycles. The van der Waals surface area contributed by atoms with E-state index in [1.165, 1.54) is 0 Å². The summed E-state index contributed by atoms with van der Waals surface area (Å²) in [5.74, 6) is -0.910. The number of hydrogen-bond acceptors (Lipinski definition) is 2. The highest BCUT2D eigenvalue weighted by Gasteiger charge is 2.33. The van der Waals surface area contributed by atoms with Gasteiger partial charge in [0.05, 0.1) is 0 Å². The summed E-state index contributed by atoms with van der Waals surface area (Å²) in [5, 5.41) is 8.62. The summed E-state index contributed by atoms with van der Waals surface area (Å²) in [6.45, 7) is 5.32. The molecule has 68 valence electrons. The molecule has 0 fully saturated rings. The monoisotopic (exact) mass is 181 g/mol. The zero-order chi connectivity index (χ0) is 8.36. The van der Waals surface area contributed by atoms with Crippen LogP contribution in [0.25, 0.3) is 0 Å². The Kier molecular flexibility index (Phi) is 5.53. The van der Waals surface area contributed by atoms with Crippen LogP contribution in [0.5, 0.6) is 0 Å². The van der Waals surface area contributed by atoms with E-state index >= 15 is 0 Å². The third-order valence-electron chi connectivity index (χ3n) is 2.10. The number of halogens is 1. The number of hydrogen-bond donors (Lipinski definition) is 2. The van der Waals surface area contributed by atoms with E-state index in [-0.39, 0.29) is 18.3 Å². The lowest BCUT2D eigenvalue weighted by molar-refractivity contribution is -0.144. The molecule has 0 bridgehead atoms. The molecule has 0 saturated carbocycles. The van der Waals surface area contributed by atoms with Gasteiger partial charge in [0, 0.05) is 0 Å². The van der Waals surface area contributed by atoms with Crippen molar-refractivity contribution in [2.75, 3.05) is 0 Å². The maximum absolute atomic E-state index is 10.5. The van der Waals surface area contributed by atoms with Gasteiger partial charge in [-0.25, -0.2) is 0 Å². The van der Waals surface area contributed by atoms with E-state index in [2.05, 4.69) is 0 Å². The second-order valence-corrected chi connectivity index (χ2v) is 2.90. The molecule has 3 nitrogen and oxygen atoms in total. The van der Waals surface area contributed by atoms with Crippen LogP contribution in [0.2, 0.25) is 0 Å². The lowest BCUT2D eigenvalue weighted by Gasteiger charge is -2.25. The van der Waals surface area contributed by atoms with Gasteiger partial charge in [-0.2, -0.15) is 0 Å². The van der Waals surface area contributed by atoms with Crippen molar-refractivity contribution >= 4 is 18.4 Å². The Balaban J connectivity index is 0. The number of carboxylic acids is 1. The third kappa shape index (κ3) is 3.08. The minimum absolute atomic E-state index is 0. The van der Waals surface area contributed by atoms with E-state index < -0.39 is 11.5 Å². The van der Waals surface area contributed by atoms with Crippen molar-refractivity contribution in [1.29, 1.82) is 0 Å². The fourth-order valence-electron chi connectivity index (χ4n) is 0.635. The molecule has 4 heteroatoms. The summed E-state index contributed by atoms with van der Waals surface area (Å²) < 4.78 is 0. The van der Waals surface area contributed by atoms with Crippen LogP contribution in [0.4, 0.5) is 0 Å². The zero-order valence-corrected chi connectivity index (χ0v) is 7.94. The highest BCUT2D eigenvalue weighted by molar-refractivity contribution is 5.85. The second-order valence-electron chi connectivity index (χ2n) is 2.90. The summed E-state index contributed by atoms with van der Waals surface area (Å²) >= 11 is 0. The Morgan fingerprint density at radius 1 is 1.73 bits per heavy atom. The Morgan fingerprint density at radius 3 is 2.18 bits per heavy atom. The topological polar surface area (TPSA) is 63.3 Å². The summed E-state index contributed by atoms with van der Waals surface area (Å²) in [6.07, 6.45) is 0.791. The molecule has 3 N–H and O–H groups in total. The van der Waals surface area contributed by atoms with Gasteiger partial charge in [0.1, 0.15) is 5.54 Å². The summed E-state index contributed by atoms with van der Waals surface area (Å²) in [5.41, 5.74) is 4.44. The fraction of sp³-hybridized carbons (Fsp3) is 0.857. The van der Waals surface area contributed by atoms with Gasteiger partial charge in [0.25, 0.3) is 0 Å². The number of carboxylic acid groups (broad SMARTS) is 1. The quantitative estimate of drug-likeness (QED) is 0.689. The first-order valence-electron chi connectivity index (χ1n) is 3.45. The van der Waals surface area contributed by atoms with Crippen LogP contribution in [0.15, 0.2) is 0 Å². The highest BCUT2D eigenvalue weighted by atomic mass is 35.5. The Labute approximate surface area is 73.4 Å². The average Bonchev–Trinajstić information content (AvgIpc) is 1.86. The predicted octanol–water partition coefficient (Wildman–Crippen LogP) is 1.26. The van der Waals surface area contributed by atoms with Crippen LogP contribution in [0.3, 0.4) is 0 Å². The molecule has 0 rings (SSSR count). The lowest BCUT2D eigenvalue weighted by Crippen LogP contribution is -2.50. The molecule has 0 aliphatic carbocycles. The number of aliphatic carboxylic acids is 1. The van der Waals surface area contributed by atoms with E-state index in [1.54, 1.807) is 6.92 Å². The van der Waals surface area contributed by atoms with Gasteiger partial charge < -0.3 is 10.8 Å². The van der Waals surface area contributed by atoms with E-state index in [4.69, 9.17) is 10.8 Å². The summed E-state index contributed by atoms with van der Waals surface area (Å²) in [7, 11) is 0. The van der Waals surface area contributed by atoms with Crippen LogP contribution in [-0.4, -0.2) is 16.6 Å². The van der Waals surface area contributed by atoms with Gasteiger partial charge in [-0.1, -0.05) is 20.3 Å². The smallest absolute Gasteiger partial charge is 0.323 e. The van der Waals surface area contributed by atoms with Crippen molar-refractivity contribution in [3.8, 4) is 0 Å². The number of rotatable bonds is 3. The van der Waals surface area contributed by atoms with Crippen molar-refractivity contribution in [2.24, 2.45) is 11.7 Å². The lowest BCUT2D eigenvalue weighted by atomic mass is 9.86. The van der Waals surface area contributed by atoms with Crippen LogP contribution in [0.1, 0.15) is 27.2 Å². The normalized spacial score (nSPS) is 17.8. The van der Waals surface area contributed by atoms with Crippen LogP contribution < -0.4 is 5.73 Å². The molecular weight excluding hydrogens is 166 g/mol. The van der Waals surface area contributed by atoms with Crippen molar-refractivity contribution in [3.05, 3.63) is 0 Å². The molecule has 0 aliphatic rings. The zero-order valence-electron chi connectivity index (χ0n) is 7.13. The minimum Gasteiger partial charge on any atom is -0.480 e. The molecule has 0 spiro atoms. The van der Waals surface area contributed by atoms with Crippen LogP contribution in [0, 0.1) is 5.92 Å². The van der Waals surface area contributed by atoms with Crippen LogP contribution >= 0.6 is 12.4 Å². The highest BCUT2D eigenvalue weighted by Crippen LogP contribution is 2.16. The van der Waals surface area contributed by atoms with Crippen molar-refractivity contribution in [1.82, 2.24) is 0 Å². The molecule has 0 aliphatic heterocycles. The Morgan fingerprint density at radius 2 is 2.09 bits per heavy atom. The molecule has 11 heavy (non-hydrogen) atoms. The van der Waals surface area contributed by atoms with Gasteiger partial charge in [0.15, 0.2) is 0 Å². The molecular formula is C7H16ClNO2. The molecule has 0 saturated heterocycles. The molecule has 0 heterocycles. The van der Waals surface area contributed by atoms with Crippen molar-refractivity contribution in [3.63, 3.8) is 0 Å². The SMILES string of the molecule is CC[C@H](C)[C@](C)(N)C(=O)O.Cl. The van der Waals surface area contributed by atoms with Gasteiger partial charge in [-0.15, -0.1) is 12.4 Å². The summed E-state index contributed by atoms with van der Waals surface area (Å²) in [6, 6.07) is 0. The van der Waals surface area contributed by atoms with Crippen molar-refractivity contribution in [2.45, 2.75) is 32.7 Å². The van der Waals surface area contributed by atoms with E-state index in [9.17, 15) is 4.79 Å². The van der Waals surface area contributed by atoms with Gasteiger partial charge >= 0.3 is 5.97 Å². The van der Waals surface area contributed by atoms with E-state index in [0.717, 1.165) is 6.42 Å². The Bertz CT molecular complexity index is 136. The fourth-order valence-corrected chi connectivity index (χ4v) is 0.635. The second kappa shape index (κ2) is 4.57. The van der Waals surface area contributed by atoms with Gasteiger partial charge in [0.2, 0.25) is 0 Å². The van der Waals surface area contributed by atoms with Crippen LogP contribution in [-0.2, 0) is 4.79 Å². The van der Waals surface area contributed by atoms with Crippen molar-refractivity contribution < 1.29 is 9.90 Å². The first-order valence-corrected chi connectivity index (χ1v) is 3.45. The van der Waals surface area contributed by atoms with Gasteiger partial charge in [-0.3, -0.25) is 4.79 Å². The number of nitrogens with two attached hydrogens (primary N) is 1. The first-order chi connectivity index (χ1) is 4.42. The first kappa shape index (κ1) is 13.3. The average molecular weight is 182 g/mol. The maximum Gasteiger partial charge on any atom is 0.323 e. The molecule has 0 amide bonds. The molecule has 0 radical (unpaired) electrons. The maximum atomic E-state index is 10.5. The Hall–Kier alpha value is -0.280. The third-order valence-corrected chi connectivity index (χ3v) is 2.10. The number of carbonyl (C=O) groups is 1. The largest absolute Gasteiger partial charge is 0.480 e. The predicted molar refractivity (Wildman–Crippen MR) is 46.9 cm³/mol. The van der Waals surface area contributed by atoms with Gasteiger partial charge in [-0.05, 0) is 12.8 Å².